The van der Waals surface area contributed by atoms with Crippen LogP contribution in [0.3, 0.4) is 0 Å². The van der Waals surface area contributed by atoms with Crippen molar-refractivity contribution >= 4 is 0 Å². The van der Waals surface area contributed by atoms with E-state index in [-0.39, 0.29) is 18.1 Å². The van der Waals surface area contributed by atoms with Gasteiger partial charge >= 0.3 is 0 Å². The molecule has 0 N–H and O–H groups in total. The zero-order chi connectivity index (χ0) is 23.9. The molecule has 0 unspecified atom stereocenters. The lowest BCUT2D eigenvalue weighted by Crippen LogP contribution is -2.58. The third kappa shape index (κ3) is 5.73. The second kappa shape index (κ2) is 11.5. The third-order valence-electron chi connectivity index (χ3n) is 6.62. The van der Waals surface area contributed by atoms with Crippen molar-refractivity contribution in [3.63, 3.8) is 0 Å². The maximum Gasteiger partial charge on any atom is 0.184 e. The highest BCUT2D eigenvalue weighted by atomic mass is 16.7. The van der Waals surface area contributed by atoms with Gasteiger partial charge in [-0.05, 0) is 23.1 Å². The molecular formula is C28H29N3O4. The average Bonchev–Trinajstić information content (AvgIpc) is 2.92. The molecule has 6 atom stereocenters. The van der Waals surface area contributed by atoms with Gasteiger partial charge in [-0.15, -0.1) is 0 Å². The summed E-state index contributed by atoms with van der Waals surface area (Å²) in [7, 11) is 0. The summed E-state index contributed by atoms with van der Waals surface area (Å²) in [5.41, 5.74) is 12.4. The Labute approximate surface area is 205 Å². The van der Waals surface area contributed by atoms with Crippen molar-refractivity contribution < 1.29 is 18.9 Å². The maximum absolute atomic E-state index is 9.30. The standard InChI is InChI=1S/C28H29N3O4/c29-31-30-24-16-23-19-34-28(22-14-8-3-9-15-22)35-25(23)27(33-18-21-12-6-2-7-13-21)26(24)32-17-20-10-4-1-5-11-20/h1-15,23-28H,16-19H2/t23-,24+,25-,26+,27+,28-/m0/s1. The summed E-state index contributed by atoms with van der Waals surface area (Å²) in [6.07, 6.45) is -1.01. The summed E-state index contributed by atoms with van der Waals surface area (Å²) in [4.78, 5) is 3.13. The number of nitrogens with zero attached hydrogens (tertiary/aromatic N) is 3. The van der Waals surface area contributed by atoms with Gasteiger partial charge in [-0.3, -0.25) is 0 Å². The highest BCUT2D eigenvalue weighted by molar-refractivity contribution is 5.18. The molecular weight excluding hydrogens is 442 g/mol. The first-order valence-corrected chi connectivity index (χ1v) is 12.0. The van der Waals surface area contributed by atoms with E-state index >= 15 is 0 Å². The van der Waals surface area contributed by atoms with Crippen molar-refractivity contribution in [3.05, 3.63) is 118 Å². The normalized spacial score (nSPS) is 28.0. The van der Waals surface area contributed by atoms with Crippen LogP contribution in [-0.2, 0) is 32.2 Å². The summed E-state index contributed by atoms with van der Waals surface area (Å²) in [6.45, 7) is 1.30. The molecule has 180 valence electrons. The van der Waals surface area contributed by atoms with Crippen LogP contribution in [0.5, 0.6) is 0 Å². The van der Waals surface area contributed by atoms with Gasteiger partial charge in [0.25, 0.3) is 0 Å². The van der Waals surface area contributed by atoms with Crippen molar-refractivity contribution in [3.8, 4) is 0 Å². The Balaban J connectivity index is 1.41. The molecule has 0 aromatic heterocycles. The van der Waals surface area contributed by atoms with E-state index in [2.05, 4.69) is 10.0 Å². The minimum Gasteiger partial charge on any atom is -0.370 e. The van der Waals surface area contributed by atoms with Crippen LogP contribution >= 0.6 is 0 Å². The monoisotopic (exact) mass is 471 g/mol. The second-order valence-corrected chi connectivity index (χ2v) is 8.97. The number of rotatable bonds is 8. The Morgan fingerprint density at radius 1 is 0.800 bits per heavy atom. The molecule has 1 aliphatic heterocycles. The van der Waals surface area contributed by atoms with Gasteiger partial charge in [0.1, 0.15) is 6.10 Å². The summed E-state index contributed by atoms with van der Waals surface area (Å²) in [6, 6.07) is 29.5. The van der Waals surface area contributed by atoms with Crippen LogP contribution in [0, 0.1) is 5.92 Å². The molecule has 0 radical (unpaired) electrons. The number of azide groups is 1. The van der Waals surface area contributed by atoms with Gasteiger partial charge in [0.15, 0.2) is 6.29 Å². The predicted molar refractivity (Wildman–Crippen MR) is 131 cm³/mol. The van der Waals surface area contributed by atoms with Crippen molar-refractivity contribution in [2.45, 2.75) is 50.3 Å². The second-order valence-electron chi connectivity index (χ2n) is 8.97. The van der Waals surface area contributed by atoms with Crippen molar-refractivity contribution in [1.29, 1.82) is 0 Å². The van der Waals surface area contributed by atoms with E-state index in [4.69, 9.17) is 18.9 Å². The Kier molecular flexibility index (Phi) is 7.73. The summed E-state index contributed by atoms with van der Waals surface area (Å²) < 4.78 is 25.5. The van der Waals surface area contributed by atoms with E-state index in [1.807, 2.05) is 91.0 Å². The fourth-order valence-corrected chi connectivity index (χ4v) is 4.89. The van der Waals surface area contributed by atoms with Crippen molar-refractivity contribution in [1.82, 2.24) is 0 Å². The molecule has 1 heterocycles. The molecule has 1 saturated heterocycles. The van der Waals surface area contributed by atoms with Gasteiger partial charge in [0.05, 0.1) is 38.1 Å². The molecule has 1 aliphatic carbocycles. The first-order chi connectivity index (χ1) is 17.3. The number of fused-ring (bicyclic) bond motifs is 1. The van der Waals surface area contributed by atoms with Crippen LogP contribution < -0.4 is 0 Å². The lowest BCUT2D eigenvalue weighted by Gasteiger charge is -2.48. The molecule has 0 amide bonds. The van der Waals surface area contributed by atoms with Crippen LogP contribution in [0.2, 0.25) is 0 Å². The molecule has 3 aromatic rings. The van der Waals surface area contributed by atoms with Crippen LogP contribution in [0.4, 0.5) is 0 Å². The van der Waals surface area contributed by atoms with E-state index in [1.165, 1.54) is 0 Å². The zero-order valence-corrected chi connectivity index (χ0v) is 19.4. The highest BCUT2D eigenvalue weighted by Crippen LogP contribution is 2.41. The van der Waals surface area contributed by atoms with E-state index in [1.54, 1.807) is 0 Å². The van der Waals surface area contributed by atoms with Crippen LogP contribution in [0.15, 0.2) is 96.1 Å². The summed E-state index contributed by atoms with van der Waals surface area (Å²) in [5, 5.41) is 4.12. The van der Waals surface area contributed by atoms with E-state index in [0.29, 0.717) is 26.2 Å². The largest absolute Gasteiger partial charge is 0.370 e. The Morgan fingerprint density at radius 2 is 1.37 bits per heavy atom. The smallest absolute Gasteiger partial charge is 0.184 e. The number of ether oxygens (including phenoxy) is 4. The quantitative estimate of drug-likeness (QED) is 0.230. The SMILES string of the molecule is [N-]=[N+]=N[C@@H]1C[C@H]2CO[C@H](c3ccccc3)O[C@@H]2[C@@H](OCc2ccccc2)[C@@H]1OCc1ccccc1. The minimum atomic E-state index is -0.480. The zero-order valence-electron chi connectivity index (χ0n) is 19.4. The molecule has 2 aliphatic rings. The Morgan fingerprint density at radius 3 is 1.97 bits per heavy atom. The minimum absolute atomic E-state index is 0.0304. The van der Waals surface area contributed by atoms with Gasteiger partial charge in [-0.25, -0.2) is 0 Å². The summed E-state index contributed by atoms with van der Waals surface area (Å²) >= 11 is 0. The molecule has 2 fully saturated rings. The summed E-state index contributed by atoms with van der Waals surface area (Å²) in [5.74, 6) is 0.0304. The van der Waals surface area contributed by atoms with Gasteiger partial charge in [0.2, 0.25) is 0 Å². The lowest BCUT2D eigenvalue weighted by atomic mass is 9.79. The van der Waals surface area contributed by atoms with E-state index in [9.17, 15) is 5.53 Å². The van der Waals surface area contributed by atoms with Gasteiger partial charge < -0.3 is 18.9 Å². The van der Waals surface area contributed by atoms with E-state index in [0.717, 1.165) is 16.7 Å². The fraction of sp³-hybridized carbons (Fsp3) is 0.357. The number of benzene rings is 3. The molecule has 35 heavy (non-hydrogen) atoms. The maximum atomic E-state index is 9.30. The van der Waals surface area contributed by atoms with Gasteiger partial charge in [-0.1, -0.05) is 96.1 Å². The predicted octanol–water partition coefficient (Wildman–Crippen LogP) is 5.97. The van der Waals surface area contributed by atoms with Crippen LogP contribution in [0.1, 0.15) is 29.4 Å². The first kappa shape index (κ1) is 23.5. The van der Waals surface area contributed by atoms with Crippen LogP contribution in [-0.4, -0.2) is 31.0 Å². The van der Waals surface area contributed by atoms with Gasteiger partial charge in [0, 0.05) is 16.4 Å². The molecule has 1 saturated carbocycles. The number of hydrogen-bond donors (Lipinski definition) is 0. The Bertz CT molecular complexity index is 1110. The average molecular weight is 472 g/mol. The topological polar surface area (TPSA) is 85.7 Å². The molecule has 0 spiro atoms. The molecule has 7 heteroatoms. The van der Waals surface area contributed by atoms with E-state index < -0.39 is 18.5 Å². The first-order valence-electron chi connectivity index (χ1n) is 12.0. The van der Waals surface area contributed by atoms with Crippen molar-refractivity contribution in [2.75, 3.05) is 6.61 Å². The van der Waals surface area contributed by atoms with Crippen LogP contribution in [0.25, 0.3) is 10.4 Å². The molecule has 3 aromatic carbocycles. The molecule has 5 rings (SSSR count). The van der Waals surface area contributed by atoms with Gasteiger partial charge in [-0.2, -0.15) is 0 Å². The van der Waals surface area contributed by atoms with Crippen molar-refractivity contribution in [2.24, 2.45) is 11.0 Å². The molecule has 7 nitrogen and oxygen atoms in total. The Hall–Kier alpha value is -3.19. The highest BCUT2D eigenvalue weighted by Gasteiger charge is 2.50. The number of hydrogen-bond acceptors (Lipinski definition) is 5. The molecule has 0 bridgehead atoms. The lowest BCUT2D eigenvalue weighted by molar-refractivity contribution is -0.294. The fourth-order valence-electron chi connectivity index (χ4n) is 4.89. The third-order valence-corrected chi connectivity index (χ3v) is 6.62.